The van der Waals surface area contributed by atoms with Crippen LogP contribution in [0, 0.1) is 0 Å². The Labute approximate surface area is 241 Å². The first-order valence-corrected chi connectivity index (χ1v) is 15.9. The lowest BCUT2D eigenvalue weighted by Gasteiger charge is -2.58. The van der Waals surface area contributed by atoms with E-state index >= 15 is 0 Å². The van der Waals surface area contributed by atoms with Crippen LogP contribution in [0.2, 0.25) is 0 Å². The molecular weight excluding hydrogens is 510 g/mol. The summed E-state index contributed by atoms with van der Waals surface area (Å²) in [4.78, 5) is 5.26. The molecule has 8 heteroatoms. The van der Waals surface area contributed by atoms with Crippen molar-refractivity contribution in [3.8, 4) is 0 Å². The minimum Gasteiger partial charge on any atom is -0.399 e. The molecule has 0 bridgehead atoms. The Morgan fingerprint density at radius 3 is 1.41 bits per heavy atom. The van der Waals surface area contributed by atoms with Gasteiger partial charge in [-0.3, -0.25) is 0 Å². The summed E-state index contributed by atoms with van der Waals surface area (Å²) >= 11 is 4.85. The van der Waals surface area contributed by atoms with Gasteiger partial charge in [0.1, 0.15) is 22.9 Å². The quantitative estimate of drug-likeness (QED) is 0.270. The average Bonchev–Trinajstić information content (AvgIpc) is 3.71. The number of hydrogen-bond donors (Lipinski definition) is 2. The van der Waals surface area contributed by atoms with Gasteiger partial charge in [-0.05, 0) is 115 Å². The molecule has 4 aliphatic rings. The van der Waals surface area contributed by atoms with Crippen LogP contribution in [0.4, 0.5) is 5.69 Å². The zero-order chi connectivity index (χ0) is 27.7. The number of ether oxygens (including phenoxy) is 4. The smallest absolute Gasteiger partial charge is 0.121 e. The first-order valence-electron chi connectivity index (χ1n) is 15.2. The molecular formula is C31H51N3O4S. The van der Waals surface area contributed by atoms with E-state index in [9.17, 15) is 0 Å². The molecule has 7 nitrogen and oxygen atoms in total. The van der Waals surface area contributed by atoms with E-state index in [4.69, 9.17) is 37.3 Å². The molecule has 0 aromatic heterocycles. The molecule has 2 unspecified atom stereocenters. The summed E-state index contributed by atoms with van der Waals surface area (Å²) in [6.45, 7) is 12.3. The van der Waals surface area contributed by atoms with Gasteiger partial charge < -0.3 is 24.7 Å². The largest absolute Gasteiger partial charge is 0.399 e. The Hall–Kier alpha value is -0.870. The van der Waals surface area contributed by atoms with Crippen LogP contribution in [0.5, 0.6) is 0 Å². The van der Waals surface area contributed by atoms with E-state index in [-0.39, 0.29) is 12.1 Å². The topological polar surface area (TPSA) is 69.4 Å². The van der Waals surface area contributed by atoms with E-state index in [0.717, 1.165) is 102 Å². The highest BCUT2D eigenvalue weighted by molar-refractivity contribution is 7.80. The summed E-state index contributed by atoms with van der Waals surface area (Å²) in [5.41, 5.74) is 6.50. The van der Waals surface area contributed by atoms with E-state index in [1.54, 1.807) is 0 Å². The average molecular weight is 562 g/mol. The summed E-state index contributed by atoms with van der Waals surface area (Å²) in [7, 11) is 0. The molecule has 4 fully saturated rings. The summed E-state index contributed by atoms with van der Waals surface area (Å²) < 4.78 is 26.6. The maximum absolute atomic E-state index is 6.65. The van der Waals surface area contributed by atoms with Gasteiger partial charge in [0, 0.05) is 44.2 Å². The molecule has 0 spiro atoms. The molecule has 4 aliphatic heterocycles. The standard InChI is InChI=1S/C31H51N3O4S/c1-28(14-5-18-35-28)33(29(2)15-6-19-36-29)26(13-22-39)27(23-24-9-11-25(32)12-10-24)34(30(3)16-7-20-37-30)31(4)17-8-21-38-31/h9-12,26-27,39H,5-8,13-23,32H2,1-4H3/t26?,27?,28-,29-,30-,31-/m0/s1. The highest BCUT2D eigenvalue weighted by atomic mass is 32.1. The van der Waals surface area contributed by atoms with Gasteiger partial charge in [0.2, 0.25) is 0 Å². The lowest BCUT2D eigenvalue weighted by molar-refractivity contribution is -0.282. The van der Waals surface area contributed by atoms with Crippen molar-refractivity contribution < 1.29 is 18.9 Å². The highest BCUT2D eigenvalue weighted by Crippen LogP contribution is 2.48. The monoisotopic (exact) mass is 561 g/mol. The number of anilines is 1. The molecule has 0 aliphatic carbocycles. The molecule has 39 heavy (non-hydrogen) atoms. The van der Waals surface area contributed by atoms with Crippen molar-refractivity contribution in [1.29, 1.82) is 0 Å². The van der Waals surface area contributed by atoms with Gasteiger partial charge in [0.25, 0.3) is 0 Å². The van der Waals surface area contributed by atoms with E-state index in [1.807, 2.05) is 12.1 Å². The number of nitrogens with two attached hydrogens (primary N) is 1. The van der Waals surface area contributed by atoms with E-state index in [1.165, 1.54) is 5.56 Å². The minimum atomic E-state index is -0.424. The number of rotatable bonds is 11. The number of nitrogen functional groups attached to an aromatic ring is 1. The van der Waals surface area contributed by atoms with Crippen molar-refractivity contribution >= 4 is 18.3 Å². The number of thiol groups is 1. The fourth-order valence-corrected chi connectivity index (χ4v) is 8.41. The van der Waals surface area contributed by atoms with Crippen molar-refractivity contribution in [2.24, 2.45) is 0 Å². The van der Waals surface area contributed by atoms with Gasteiger partial charge in [-0.1, -0.05) is 12.1 Å². The van der Waals surface area contributed by atoms with Crippen molar-refractivity contribution in [2.45, 2.75) is 127 Å². The van der Waals surface area contributed by atoms with Crippen LogP contribution in [0.25, 0.3) is 0 Å². The summed E-state index contributed by atoms with van der Waals surface area (Å²) in [5.74, 6) is 0.772. The van der Waals surface area contributed by atoms with E-state index < -0.39 is 22.9 Å². The molecule has 1 aromatic carbocycles. The van der Waals surface area contributed by atoms with Crippen LogP contribution < -0.4 is 5.73 Å². The van der Waals surface area contributed by atoms with Crippen molar-refractivity contribution in [2.75, 3.05) is 37.9 Å². The van der Waals surface area contributed by atoms with Gasteiger partial charge in [0.15, 0.2) is 0 Å². The molecule has 2 N–H and O–H groups in total. The fraction of sp³-hybridized carbons (Fsp3) is 0.806. The fourth-order valence-electron chi connectivity index (χ4n) is 8.14. The Balaban J connectivity index is 1.66. The zero-order valence-electron chi connectivity index (χ0n) is 24.6. The predicted octanol–water partition coefficient (Wildman–Crippen LogP) is 5.58. The van der Waals surface area contributed by atoms with E-state index in [2.05, 4.69) is 49.6 Å². The van der Waals surface area contributed by atoms with Crippen LogP contribution in [0.3, 0.4) is 0 Å². The Morgan fingerprint density at radius 2 is 1.08 bits per heavy atom. The van der Waals surface area contributed by atoms with Gasteiger partial charge in [-0.15, -0.1) is 0 Å². The second-order valence-corrected chi connectivity index (χ2v) is 13.3. The highest BCUT2D eigenvalue weighted by Gasteiger charge is 2.58. The molecule has 5 rings (SSSR count). The number of benzene rings is 1. The molecule has 4 heterocycles. The van der Waals surface area contributed by atoms with Crippen molar-refractivity contribution in [1.82, 2.24) is 9.80 Å². The van der Waals surface area contributed by atoms with E-state index in [0.29, 0.717) is 0 Å². The normalized spacial score (nSPS) is 36.8. The predicted molar refractivity (Wildman–Crippen MR) is 159 cm³/mol. The second-order valence-electron chi connectivity index (χ2n) is 12.8. The van der Waals surface area contributed by atoms with Crippen molar-refractivity contribution in [3.05, 3.63) is 29.8 Å². The summed E-state index contributed by atoms with van der Waals surface area (Å²) in [5, 5.41) is 0. The third kappa shape index (κ3) is 5.90. The first-order chi connectivity index (χ1) is 18.6. The maximum Gasteiger partial charge on any atom is 0.121 e. The minimum absolute atomic E-state index is 0.0778. The number of hydrogen-bond acceptors (Lipinski definition) is 8. The van der Waals surface area contributed by atoms with Crippen LogP contribution in [-0.4, -0.2) is 77.0 Å². The van der Waals surface area contributed by atoms with Gasteiger partial charge in [0.05, 0.1) is 0 Å². The summed E-state index contributed by atoms with van der Waals surface area (Å²) in [6.07, 6.45) is 9.94. The molecule has 6 atom stereocenters. The molecule has 0 saturated carbocycles. The van der Waals surface area contributed by atoms with Gasteiger partial charge in [-0.25, -0.2) is 9.80 Å². The number of nitrogens with zero attached hydrogens (tertiary/aromatic N) is 2. The van der Waals surface area contributed by atoms with Gasteiger partial charge >= 0.3 is 0 Å². The van der Waals surface area contributed by atoms with Crippen LogP contribution in [-0.2, 0) is 25.4 Å². The third-order valence-corrected chi connectivity index (χ3v) is 10.0. The molecule has 1 aromatic rings. The first kappa shape index (κ1) is 29.6. The van der Waals surface area contributed by atoms with Gasteiger partial charge in [-0.2, -0.15) is 12.6 Å². The molecule has 0 radical (unpaired) electrons. The molecule has 4 saturated heterocycles. The van der Waals surface area contributed by atoms with Crippen LogP contribution in [0.15, 0.2) is 24.3 Å². The zero-order valence-corrected chi connectivity index (χ0v) is 25.5. The van der Waals surface area contributed by atoms with Crippen LogP contribution in [0.1, 0.15) is 91.0 Å². The van der Waals surface area contributed by atoms with Crippen LogP contribution >= 0.6 is 12.6 Å². The third-order valence-electron chi connectivity index (χ3n) is 9.79. The summed E-state index contributed by atoms with van der Waals surface area (Å²) in [6, 6.07) is 8.58. The lowest BCUT2D eigenvalue weighted by Crippen LogP contribution is -2.72. The lowest BCUT2D eigenvalue weighted by atomic mass is 9.86. The SMILES string of the molecule is C[C@@]1(N(C(CCS)C(Cc2ccc(N)cc2)N([C@]2(C)CCCO2)[C@]2(C)CCCO2)[C@]2(C)CCCO2)CCCO1. The second kappa shape index (κ2) is 11.8. The molecule has 0 amide bonds. The molecule has 220 valence electrons. The Morgan fingerprint density at radius 1 is 0.692 bits per heavy atom. The maximum atomic E-state index is 6.65. The Bertz CT molecular complexity index is 892. The Kier molecular flexibility index (Phi) is 8.95. The van der Waals surface area contributed by atoms with Crippen molar-refractivity contribution in [3.63, 3.8) is 0 Å².